The molecular weight excluding hydrogens is 292 g/mol. The average Bonchev–Trinajstić information content (AvgIpc) is 3.31. The molecule has 1 saturated carbocycles. The molecule has 2 aliphatic rings. The van der Waals surface area contributed by atoms with Crippen LogP contribution < -0.4 is 11.1 Å². The van der Waals surface area contributed by atoms with Gasteiger partial charge in [-0.25, -0.2) is 0 Å². The van der Waals surface area contributed by atoms with Crippen LogP contribution in [0.25, 0.3) is 0 Å². The topological polar surface area (TPSA) is 80.0 Å². The quantitative estimate of drug-likeness (QED) is 0.617. The van der Waals surface area contributed by atoms with Gasteiger partial charge in [-0.3, -0.25) is 9.79 Å². The fourth-order valence-corrected chi connectivity index (χ4v) is 3.00. The number of methoxy groups -OCH3 is 1. The monoisotopic (exact) mass is 316 g/mol. The number of rotatable bonds is 6. The van der Waals surface area contributed by atoms with Gasteiger partial charge in [0.15, 0.2) is 5.96 Å². The molecule has 1 atom stereocenters. The number of benzene rings is 1. The van der Waals surface area contributed by atoms with E-state index in [0.717, 1.165) is 30.6 Å². The summed E-state index contributed by atoms with van der Waals surface area (Å²) in [7, 11) is 1.66. The highest BCUT2D eigenvalue weighted by atomic mass is 16.5. The van der Waals surface area contributed by atoms with Gasteiger partial charge in [-0.1, -0.05) is 18.2 Å². The zero-order valence-corrected chi connectivity index (χ0v) is 13.5. The van der Waals surface area contributed by atoms with Gasteiger partial charge >= 0.3 is 0 Å². The number of guanidine groups is 1. The molecule has 1 heterocycles. The van der Waals surface area contributed by atoms with Crippen molar-refractivity contribution in [3.8, 4) is 0 Å². The van der Waals surface area contributed by atoms with Crippen LogP contribution in [-0.2, 0) is 16.1 Å². The standard InChI is InChI=1S/C17H24N4O2/c1-23-11-13-4-2-3-5-15(13)20-17(18)19-9-12-8-16(22)21(10-12)14-6-7-14/h2-5,12,14H,6-11H2,1H3,(H3,18,19,20). The average molecular weight is 316 g/mol. The van der Waals surface area contributed by atoms with Crippen LogP contribution in [0.1, 0.15) is 24.8 Å². The SMILES string of the molecule is COCc1ccccc1NC(N)=NCC1CC(=O)N(C2CC2)C1. The number of nitrogens with two attached hydrogens (primary N) is 1. The minimum atomic E-state index is 0.268. The van der Waals surface area contributed by atoms with Crippen LogP contribution in [0.4, 0.5) is 5.69 Å². The number of nitrogens with zero attached hydrogens (tertiary/aromatic N) is 2. The highest BCUT2D eigenvalue weighted by molar-refractivity contribution is 5.93. The number of para-hydroxylation sites is 1. The summed E-state index contributed by atoms with van der Waals surface area (Å²) >= 11 is 0. The first-order valence-electron chi connectivity index (χ1n) is 8.10. The summed E-state index contributed by atoms with van der Waals surface area (Å²) in [6.07, 6.45) is 2.90. The van der Waals surface area contributed by atoms with Crippen molar-refractivity contribution in [3.05, 3.63) is 29.8 Å². The van der Waals surface area contributed by atoms with E-state index >= 15 is 0 Å². The van der Waals surface area contributed by atoms with E-state index < -0.39 is 0 Å². The lowest BCUT2D eigenvalue weighted by atomic mass is 10.1. The maximum absolute atomic E-state index is 11.9. The predicted octanol–water partition coefficient (Wildman–Crippen LogP) is 1.57. The van der Waals surface area contributed by atoms with E-state index in [1.807, 2.05) is 29.2 Å². The van der Waals surface area contributed by atoms with Crippen molar-refractivity contribution in [1.82, 2.24) is 4.90 Å². The van der Waals surface area contributed by atoms with Gasteiger partial charge in [0.25, 0.3) is 0 Å². The number of carbonyl (C=O) groups excluding carboxylic acids is 1. The lowest BCUT2D eigenvalue weighted by Crippen LogP contribution is -2.28. The van der Waals surface area contributed by atoms with E-state index in [1.165, 1.54) is 0 Å². The number of aliphatic imine (C=N–C) groups is 1. The number of nitrogens with one attached hydrogen (secondary N) is 1. The first-order chi connectivity index (χ1) is 11.2. The Labute approximate surface area is 136 Å². The summed E-state index contributed by atoms with van der Waals surface area (Å²) in [5.41, 5.74) is 7.92. The summed E-state index contributed by atoms with van der Waals surface area (Å²) < 4.78 is 5.18. The van der Waals surface area contributed by atoms with E-state index in [2.05, 4.69) is 10.3 Å². The zero-order valence-electron chi connectivity index (χ0n) is 13.5. The Morgan fingerprint density at radius 1 is 1.43 bits per heavy atom. The van der Waals surface area contributed by atoms with Crippen molar-refractivity contribution >= 4 is 17.6 Å². The lowest BCUT2D eigenvalue weighted by Gasteiger charge is -2.15. The van der Waals surface area contributed by atoms with E-state index in [0.29, 0.717) is 31.6 Å². The van der Waals surface area contributed by atoms with Crippen LogP contribution in [0.3, 0.4) is 0 Å². The van der Waals surface area contributed by atoms with Crippen LogP contribution in [0, 0.1) is 5.92 Å². The molecule has 6 heteroatoms. The second-order valence-corrected chi connectivity index (χ2v) is 6.29. The van der Waals surface area contributed by atoms with E-state index in [9.17, 15) is 4.79 Å². The molecule has 1 aliphatic carbocycles. The van der Waals surface area contributed by atoms with Crippen LogP contribution in [-0.4, -0.2) is 43.0 Å². The summed E-state index contributed by atoms with van der Waals surface area (Å²) in [6, 6.07) is 8.33. The fraction of sp³-hybridized carbons (Fsp3) is 0.529. The third kappa shape index (κ3) is 4.01. The molecule has 23 heavy (non-hydrogen) atoms. The predicted molar refractivity (Wildman–Crippen MR) is 90.1 cm³/mol. The van der Waals surface area contributed by atoms with Crippen LogP contribution in [0.2, 0.25) is 0 Å². The number of hydrogen-bond donors (Lipinski definition) is 2. The van der Waals surface area contributed by atoms with Gasteiger partial charge in [0, 0.05) is 49.8 Å². The summed E-state index contributed by atoms with van der Waals surface area (Å²) in [5, 5.41) is 3.13. The molecule has 3 N–H and O–H groups in total. The Morgan fingerprint density at radius 2 is 2.22 bits per heavy atom. The molecule has 1 amide bonds. The molecule has 3 rings (SSSR count). The molecule has 6 nitrogen and oxygen atoms in total. The molecule has 0 aromatic heterocycles. The van der Waals surface area contributed by atoms with E-state index in [1.54, 1.807) is 7.11 Å². The zero-order chi connectivity index (χ0) is 16.2. The van der Waals surface area contributed by atoms with Crippen molar-refractivity contribution in [2.45, 2.75) is 31.9 Å². The lowest BCUT2D eigenvalue weighted by molar-refractivity contribution is -0.128. The molecule has 0 bridgehead atoms. The van der Waals surface area contributed by atoms with Crippen LogP contribution >= 0.6 is 0 Å². The molecule has 0 radical (unpaired) electrons. The van der Waals surface area contributed by atoms with Gasteiger partial charge in [-0.05, 0) is 18.9 Å². The van der Waals surface area contributed by atoms with Gasteiger partial charge in [-0.2, -0.15) is 0 Å². The summed E-state index contributed by atoms with van der Waals surface area (Å²) in [5.74, 6) is 0.924. The third-order valence-corrected chi connectivity index (χ3v) is 4.33. The number of anilines is 1. The van der Waals surface area contributed by atoms with Crippen molar-refractivity contribution < 1.29 is 9.53 Å². The van der Waals surface area contributed by atoms with Crippen LogP contribution in [0.15, 0.2) is 29.3 Å². The number of amides is 1. The number of ether oxygens (including phenoxy) is 1. The maximum atomic E-state index is 11.9. The molecule has 1 aliphatic heterocycles. The molecule has 124 valence electrons. The Kier molecular flexibility index (Phi) is 4.81. The van der Waals surface area contributed by atoms with Crippen molar-refractivity contribution in [2.24, 2.45) is 16.6 Å². The summed E-state index contributed by atoms with van der Waals surface area (Å²) in [4.78, 5) is 18.4. The van der Waals surface area contributed by atoms with Gasteiger partial charge in [0.05, 0.1) is 6.61 Å². The Balaban J connectivity index is 1.55. The Morgan fingerprint density at radius 3 is 2.96 bits per heavy atom. The van der Waals surface area contributed by atoms with Gasteiger partial charge < -0.3 is 20.7 Å². The maximum Gasteiger partial charge on any atom is 0.223 e. The highest BCUT2D eigenvalue weighted by Crippen LogP contribution is 2.32. The van der Waals surface area contributed by atoms with Gasteiger partial charge in [0.2, 0.25) is 5.91 Å². The minimum Gasteiger partial charge on any atom is -0.380 e. The largest absolute Gasteiger partial charge is 0.380 e. The number of likely N-dealkylation sites (tertiary alicyclic amines) is 1. The third-order valence-electron chi connectivity index (χ3n) is 4.33. The number of carbonyl (C=O) groups is 1. The van der Waals surface area contributed by atoms with E-state index in [4.69, 9.17) is 10.5 Å². The van der Waals surface area contributed by atoms with Crippen molar-refractivity contribution in [2.75, 3.05) is 25.5 Å². The Bertz CT molecular complexity index is 598. The second kappa shape index (κ2) is 7.00. The first kappa shape index (κ1) is 15.8. The first-order valence-corrected chi connectivity index (χ1v) is 8.10. The summed E-state index contributed by atoms with van der Waals surface area (Å²) in [6.45, 7) is 1.92. The molecule has 1 aromatic rings. The van der Waals surface area contributed by atoms with Crippen molar-refractivity contribution in [1.29, 1.82) is 0 Å². The van der Waals surface area contributed by atoms with Gasteiger partial charge in [0.1, 0.15) is 0 Å². The molecular formula is C17H24N4O2. The molecule has 0 spiro atoms. The van der Waals surface area contributed by atoms with E-state index in [-0.39, 0.29) is 11.8 Å². The normalized spacial score (nSPS) is 21.8. The minimum absolute atomic E-state index is 0.268. The van der Waals surface area contributed by atoms with Crippen LogP contribution in [0.5, 0.6) is 0 Å². The molecule has 1 saturated heterocycles. The fourth-order valence-electron chi connectivity index (χ4n) is 3.00. The molecule has 1 aromatic carbocycles. The molecule has 2 fully saturated rings. The second-order valence-electron chi connectivity index (χ2n) is 6.29. The smallest absolute Gasteiger partial charge is 0.223 e. The van der Waals surface area contributed by atoms with Gasteiger partial charge in [-0.15, -0.1) is 0 Å². The molecule has 1 unspecified atom stereocenters. The highest BCUT2D eigenvalue weighted by Gasteiger charge is 2.39. The Hall–Kier alpha value is -2.08. The number of hydrogen-bond acceptors (Lipinski definition) is 3. The van der Waals surface area contributed by atoms with Crippen molar-refractivity contribution in [3.63, 3.8) is 0 Å².